The first-order valence-electron chi connectivity index (χ1n) is 7.13. The second-order valence-corrected chi connectivity index (χ2v) is 6.01. The molecule has 0 aliphatic rings. The maximum Gasteiger partial charge on any atom is 0.164 e. The predicted molar refractivity (Wildman–Crippen MR) is 81.8 cm³/mol. The van der Waals surface area contributed by atoms with Crippen LogP contribution in [0.1, 0.15) is 48.7 Å². The average Bonchev–Trinajstić information content (AvgIpc) is 2.33. The molecular weight excluding hydrogens is 234 g/mol. The summed E-state index contributed by atoms with van der Waals surface area (Å²) < 4.78 is 0. The van der Waals surface area contributed by atoms with E-state index in [4.69, 9.17) is 0 Å². The van der Waals surface area contributed by atoms with E-state index in [0.717, 1.165) is 23.2 Å². The van der Waals surface area contributed by atoms with Gasteiger partial charge in [0, 0.05) is 24.6 Å². The lowest BCUT2D eigenvalue weighted by molar-refractivity contribution is 0.0955. The highest BCUT2D eigenvalue weighted by Crippen LogP contribution is 2.13. The number of Topliss-reactive ketones (excluding diaryl/α,β-unsaturated/α-hetero) is 1. The van der Waals surface area contributed by atoms with Gasteiger partial charge in [-0.1, -0.05) is 31.0 Å². The zero-order chi connectivity index (χ0) is 14.6. The van der Waals surface area contributed by atoms with Crippen molar-refractivity contribution >= 4 is 5.78 Å². The highest BCUT2D eigenvalue weighted by atomic mass is 16.1. The van der Waals surface area contributed by atoms with Gasteiger partial charge >= 0.3 is 0 Å². The van der Waals surface area contributed by atoms with Crippen LogP contribution < -0.4 is 0 Å². The highest BCUT2D eigenvalue weighted by Gasteiger charge is 2.15. The molecule has 0 aromatic heterocycles. The van der Waals surface area contributed by atoms with E-state index >= 15 is 0 Å². The summed E-state index contributed by atoms with van der Waals surface area (Å²) in [6.07, 6.45) is 0.594. The van der Waals surface area contributed by atoms with Gasteiger partial charge in [-0.3, -0.25) is 4.79 Å². The molecule has 1 unspecified atom stereocenters. The summed E-state index contributed by atoms with van der Waals surface area (Å²) in [4.78, 5) is 14.5. The minimum Gasteiger partial charge on any atom is -0.303 e. The normalized spacial score (nSPS) is 13.1. The van der Waals surface area contributed by atoms with Gasteiger partial charge in [0.1, 0.15) is 0 Å². The van der Waals surface area contributed by atoms with Crippen molar-refractivity contribution in [2.45, 2.75) is 47.1 Å². The molecule has 0 fully saturated rings. The minimum absolute atomic E-state index is 0.245. The Balaban J connectivity index is 2.60. The van der Waals surface area contributed by atoms with Gasteiger partial charge in [-0.2, -0.15) is 0 Å². The monoisotopic (exact) mass is 261 g/mol. The van der Waals surface area contributed by atoms with E-state index in [0.29, 0.717) is 18.4 Å². The van der Waals surface area contributed by atoms with Crippen LogP contribution in [0, 0.1) is 19.8 Å². The Labute approximate surface area is 117 Å². The van der Waals surface area contributed by atoms with Crippen molar-refractivity contribution in [3.05, 3.63) is 34.9 Å². The molecule has 0 N–H and O–H groups in total. The first kappa shape index (κ1) is 15.9. The van der Waals surface area contributed by atoms with Crippen LogP contribution in [0.15, 0.2) is 18.2 Å². The van der Waals surface area contributed by atoms with Gasteiger partial charge in [-0.05, 0) is 45.9 Å². The summed E-state index contributed by atoms with van der Waals surface area (Å²) in [5.41, 5.74) is 3.17. The number of benzene rings is 1. The number of hydrogen-bond donors (Lipinski definition) is 0. The van der Waals surface area contributed by atoms with Crippen LogP contribution in [0.4, 0.5) is 0 Å². The molecule has 0 bridgehead atoms. The standard InChI is InChI=1S/C17H27NO/c1-12(2)15(5)18(6)8-7-17(19)16-10-13(3)9-14(4)11-16/h9-12,15H,7-8H2,1-6H3. The smallest absolute Gasteiger partial charge is 0.164 e. The number of aryl methyl sites for hydroxylation is 2. The fraction of sp³-hybridized carbons (Fsp3) is 0.588. The Morgan fingerprint density at radius 1 is 1.11 bits per heavy atom. The third-order valence-electron chi connectivity index (χ3n) is 3.90. The molecular formula is C17H27NO. The molecule has 0 spiro atoms. The van der Waals surface area contributed by atoms with Crippen molar-refractivity contribution < 1.29 is 4.79 Å². The Morgan fingerprint density at radius 3 is 2.11 bits per heavy atom. The van der Waals surface area contributed by atoms with Crippen LogP contribution >= 0.6 is 0 Å². The van der Waals surface area contributed by atoms with Gasteiger partial charge in [-0.25, -0.2) is 0 Å². The zero-order valence-electron chi connectivity index (χ0n) is 13.2. The van der Waals surface area contributed by atoms with Crippen LogP contribution in [-0.4, -0.2) is 30.3 Å². The molecule has 0 aliphatic heterocycles. The lowest BCUT2D eigenvalue weighted by atomic mass is 10.0. The maximum atomic E-state index is 12.2. The van der Waals surface area contributed by atoms with Crippen LogP contribution in [0.2, 0.25) is 0 Å². The molecule has 1 rings (SSSR count). The van der Waals surface area contributed by atoms with Crippen molar-refractivity contribution in [3.8, 4) is 0 Å². The molecule has 19 heavy (non-hydrogen) atoms. The number of carbonyl (C=O) groups excluding carboxylic acids is 1. The Kier molecular flexibility index (Phi) is 5.74. The van der Waals surface area contributed by atoms with Crippen molar-refractivity contribution in [2.75, 3.05) is 13.6 Å². The third kappa shape index (κ3) is 4.79. The van der Waals surface area contributed by atoms with Gasteiger partial charge in [0.25, 0.3) is 0 Å². The van der Waals surface area contributed by atoms with Gasteiger partial charge in [-0.15, -0.1) is 0 Å². The quantitative estimate of drug-likeness (QED) is 0.725. The van der Waals surface area contributed by atoms with Gasteiger partial charge in [0.15, 0.2) is 5.78 Å². The second kappa shape index (κ2) is 6.85. The molecule has 2 nitrogen and oxygen atoms in total. The third-order valence-corrected chi connectivity index (χ3v) is 3.90. The molecule has 0 saturated carbocycles. The van der Waals surface area contributed by atoms with Crippen molar-refractivity contribution in [1.82, 2.24) is 4.90 Å². The molecule has 106 valence electrons. The van der Waals surface area contributed by atoms with E-state index in [9.17, 15) is 4.79 Å². The summed E-state index contributed by atoms with van der Waals surface area (Å²) in [5, 5.41) is 0. The Hall–Kier alpha value is -1.15. The van der Waals surface area contributed by atoms with Gasteiger partial charge in [0.2, 0.25) is 0 Å². The number of nitrogens with zero attached hydrogens (tertiary/aromatic N) is 1. The largest absolute Gasteiger partial charge is 0.303 e. The van der Waals surface area contributed by atoms with Crippen LogP contribution in [0.3, 0.4) is 0 Å². The van der Waals surface area contributed by atoms with E-state index in [-0.39, 0.29) is 5.78 Å². The molecule has 0 amide bonds. The van der Waals surface area contributed by atoms with Gasteiger partial charge in [0.05, 0.1) is 0 Å². The minimum atomic E-state index is 0.245. The molecule has 1 aromatic rings. The lowest BCUT2D eigenvalue weighted by Crippen LogP contribution is -2.34. The van der Waals surface area contributed by atoms with Crippen molar-refractivity contribution in [1.29, 1.82) is 0 Å². The van der Waals surface area contributed by atoms with E-state index in [1.807, 2.05) is 26.0 Å². The molecule has 0 heterocycles. The fourth-order valence-corrected chi connectivity index (χ4v) is 2.27. The number of hydrogen-bond acceptors (Lipinski definition) is 2. The number of carbonyl (C=O) groups is 1. The molecule has 0 radical (unpaired) electrons. The number of ketones is 1. The molecule has 0 saturated heterocycles. The predicted octanol–water partition coefficient (Wildman–Crippen LogP) is 3.85. The van der Waals surface area contributed by atoms with E-state index < -0.39 is 0 Å². The van der Waals surface area contributed by atoms with Crippen LogP contribution in [0.25, 0.3) is 0 Å². The van der Waals surface area contributed by atoms with Crippen molar-refractivity contribution in [2.24, 2.45) is 5.92 Å². The van der Waals surface area contributed by atoms with Crippen LogP contribution in [-0.2, 0) is 0 Å². The molecule has 1 atom stereocenters. The van der Waals surface area contributed by atoms with Crippen molar-refractivity contribution in [3.63, 3.8) is 0 Å². The Morgan fingerprint density at radius 2 is 1.63 bits per heavy atom. The summed E-state index contributed by atoms with van der Waals surface area (Å²) in [7, 11) is 2.10. The highest BCUT2D eigenvalue weighted by molar-refractivity contribution is 5.96. The summed E-state index contributed by atoms with van der Waals surface area (Å²) in [6.45, 7) is 11.5. The van der Waals surface area contributed by atoms with E-state index in [1.54, 1.807) is 0 Å². The zero-order valence-corrected chi connectivity index (χ0v) is 13.2. The first-order valence-corrected chi connectivity index (χ1v) is 7.13. The van der Waals surface area contributed by atoms with Crippen LogP contribution in [0.5, 0.6) is 0 Å². The summed E-state index contributed by atoms with van der Waals surface area (Å²) in [5.74, 6) is 0.857. The van der Waals surface area contributed by atoms with E-state index in [2.05, 4.69) is 38.8 Å². The average molecular weight is 261 g/mol. The second-order valence-electron chi connectivity index (χ2n) is 6.01. The summed E-state index contributed by atoms with van der Waals surface area (Å²) >= 11 is 0. The maximum absolute atomic E-state index is 12.2. The number of rotatable bonds is 6. The lowest BCUT2D eigenvalue weighted by Gasteiger charge is -2.27. The molecule has 0 aliphatic carbocycles. The summed E-state index contributed by atoms with van der Waals surface area (Å²) in [6, 6.07) is 6.58. The SMILES string of the molecule is Cc1cc(C)cc(C(=O)CCN(C)C(C)C(C)C)c1. The van der Waals surface area contributed by atoms with Gasteiger partial charge < -0.3 is 4.90 Å². The molecule has 1 aromatic carbocycles. The first-order chi connectivity index (χ1) is 8.81. The molecule has 2 heteroatoms. The topological polar surface area (TPSA) is 20.3 Å². The van der Waals surface area contributed by atoms with E-state index in [1.165, 1.54) is 0 Å². The fourth-order valence-electron chi connectivity index (χ4n) is 2.27. The Bertz CT molecular complexity index is 417.